The second kappa shape index (κ2) is 11.9. The van der Waals surface area contributed by atoms with Gasteiger partial charge in [-0.05, 0) is 35.9 Å². The fraction of sp³-hybridized carbons (Fsp3) is 0.160. The Morgan fingerprint density at radius 2 is 1.83 bits per heavy atom. The number of rotatable bonds is 9. The number of hydrogen-bond acceptors (Lipinski definition) is 8. The van der Waals surface area contributed by atoms with Crippen LogP contribution in [0.25, 0.3) is 0 Å². The van der Waals surface area contributed by atoms with Crippen LogP contribution < -0.4 is 15.7 Å². The average Bonchev–Trinajstić information content (AvgIpc) is 2.87. The number of aromatic nitrogens is 1. The van der Waals surface area contributed by atoms with E-state index in [4.69, 9.17) is 14.8 Å². The molecule has 178 valence electrons. The van der Waals surface area contributed by atoms with Gasteiger partial charge in [0.15, 0.2) is 6.61 Å². The summed E-state index contributed by atoms with van der Waals surface area (Å²) >= 11 is 0. The number of nitrogens with one attached hydrogen (secondary N) is 2. The second-order valence-corrected chi connectivity index (χ2v) is 7.33. The molecule has 2 N–H and O–H groups in total. The van der Waals surface area contributed by atoms with Gasteiger partial charge in [0.1, 0.15) is 5.82 Å². The van der Waals surface area contributed by atoms with Crippen LogP contribution in [0.15, 0.2) is 66.9 Å². The van der Waals surface area contributed by atoms with Crippen molar-refractivity contribution >= 4 is 35.0 Å². The molecule has 0 saturated carbocycles. The number of anilines is 3. The number of hydroxylamine groups is 1. The quantitative estimate of drug-likeness (QED) is 0.358. The number of amides is 2. The molecular weight excluding hydrogens is 450 g/mol. The number of para-hydroxylation sites is 1. The number of esters is 1. The maximum atomic E-state index is 12.7. The number of nitriles is 1. The van der Waals surface area contributed by atoms with Gasteiger partial charge in [-0.3, -0.25) is 24.1 Å². The van der Waals surface area contributed by atoms with E-state index in [2.05, 4.69) is 15.8 Å². The predicted molar refractivity (Wildman–Crippen MR) is 127 cm³/mol. The first-order chi connectivity index (χ1) is 16.9. The topological polar surface area (TPSA) is 134 Å². The highest BCUT2D eigenvalue weighted by Gasteiger charge is 2.15. The minimum atomic E-state index is -0.550. The lowest BCUT2D eigenvalue weighted by molar-refractivity contribution is -0.145. The number of nitrogens with zero attached hydrogens (tertiary/aromatic N) is 3. The Kier molecular flexibility index (Phi) is 8.48. The van der Waals surface area contributed by atoms with Crippen LogP contribution in [0.2, 0.25) is 0 Å². The van der Waals surface area contributed by atoms with Crippen molar-refractivity contribution in [2.75, 3.05) is 23.9 Å². The average molecular weight is 473 g/mol. The lowest BCUT2D eigenvalue weighted by atomic mass is 10.1. The van der Waals surface area contributed by atoms with Crippen LogP contribution in [0, 0.1) is 11.3 Å². The third-order valence-corrected chi connectivity index (χ3v) is 4.80. The van der Waals surface area contributed by atoms with Gasteiger partial charge in [-0.2, -0.15) is 5.26 Å². The normalized spacial score (nSPS) is 10.1. The number of carbonyl (C=O) groups is 3. The zero-order valence-electron chi connectivity index (χ0n) is 19.1. The molecule has 0 saturated heterocycles. The van der Waals surface area contributed by atoms with Crippen LogP contribution in [-0.2, 0) is 25.8 Å². The monoisotopic (exact) mass is 473 g/mol. The van der Waals surface area contributed by atoms with E-state index in [0.717, 1.165) is 5.56 Å². The molecule has 10 heteroatoms. The van der Waals surface area contributed by atoms with Crippen LogP contribution in [0.4, 0.5) is 17.2 Å². The highest BCUT2D eigenvalue weighted by molar-refractivity contribution is 6.00. The van der Waals surface area contributed by atoms with Gasteiger partial charge in [-0.1, -0.05) is 24.3 Å². The zero-order valence-corrected chi connectivity index (χ0v) is 19.1. The molecule has 2 amide bonds. The molecule has 0 spiro atoms. The smallest absolute Gasteiger partial charge is 0.303 e. The lowest BCUT2D eigenvalue weighted by Crippen LogP contribution is -2.31. The molecule has 1 heterocycles. The van der Waals surface area contributed by atoms with E-state index in [1.165, 1.54) is 25.1 Å². The molecule has 2 aromatic carbocycles. The van der Waals surface area contributed by atoms with E-state index in [-0.39, 0.29) is 6.61 Å². The van der Waals surface area contributed by atoms with Gasteiger partial charge in [0.05, 0.1) is 29.5 Å². The zero-order chi connectivity index (χ0) is 25.2. The summed E-state index contributed by atoms with van der Waals surface area (Å²) in [7, 11) is 1.52. The number of benzene rings is 2. The van der Waals surface area contributed by atoms with Crippen molar-refractivity contribution in [3.63, 3.8) is 0 Å². The maximum absolute atomic E-state index is 12.7. The van der Waals surface area contributed by atoms with Crippen LogP contribution in [0.5, 0.6) is 0 Å². The molecular formula is C25H23N5O5. The first-order valence-electron chi connectivity index (χ1n) is 10.5. The Bertz CT molecular complexity index is 1250. The lowest BCUT2D eigenvalue weighted by Gasteiger charge is -2.17. The molecule has 3 rings (SSSR count). The van der Waals surface area contributed by atoms with Crippen LogP contribution in [-0.4, -0.2) is 36.4 Å². The van der Waals surface area contributed by atoms with Crippen LogP contribution in [0.3, 0.4) is 0 Å². The van der Waals surface area contributed by atoms with E-state index in [1.54, 1.807) is 60.7 Å². The summed E-state index contributed by atoms with van der Waals surface area (Å²) in [5, 5.41) is 12.0. The molecule has 10 nitrogen and oxygen atoms in total. The largest absolute Gasteiger partial charge is 0.456 e. The molecule has 0 radical (unpaired) electrons. The number of carbonyl (C=O) groups excluding carboxylic acids is 3. The summed E-state index contributed by atoms with van der Waals surface area (Å²) in [4.78, 5) is 46.6. The summed E-state index contributed by atoms with van der Waals surface area (Å²) in [5.41, 5.74) is 5.19. The SMILES string of the molecule is CC(=O)OCC(=O)N(C)c1cc(Nc2ccccc2C(=O)NOCc2ccc(C#N)cc2)ccn1. The van der Waals surface area contributed by atoms with E-state index in [9.17, 15) is 14.4 Å². The Hall–Kier alpha value is -4.75. The number of hydrogen-bond donors (Lipinski definition) is 2. The van der Waals surface area contributed by atoms with Gasteiger partial charge in [-0.15, -0.1) is 0 Å². The van der Waals surface area contributed by atoms with Crippen molar-refractivity contribution in [2.45, 2.75) is 13.5 Å². The summed E-state index contributed by atoms with van der Waals surface area (Å²) in [6.07, 6.45) is 1.51. The Labute approximate surface area is 202 Å². The highest BCUT2D eigenvalue weighted by Crippen LogP contribution is 2.23. The third kappa shape index (κ3) is 7.12. The van der Waals surface area contributed by atoms with Crippen LogP contribution >= 0.6 is 0 Å². The van der Waals surface area contributed by atoms with Gasteiger partial charge in [0.2, 0.25) is 0 Å². The Morgan fingerprint density at radius 3 is 2.54 bits per heavy atom. The summed E-state index contributed by atoms with van der Waals surface area (Å²) in [6, 6.07) is 19.0. The second-order valence-electron chi connectivity index (χ2n) is 7.33. The minimum absolute atomic E-state index is 0.133. The van der Waals surface area contributed by atoms with Gasteiger partial charge < -0.3 is 10.1 Å². The molecule has 0 bridgehead atoms. The number of ether oxygens (including phenoxy) is 1. The van der Waals surface area contributed by atoms with Crippen molar-refractivity contribution in [3.05, 3.63) is 83.6 Å². The van der Waals surface area contributed by atoms with E-state index in [1.807, 2.05) is 6.07 Å². The molecule has 0 fully saturated rings. The van der Waals surface area contributed by atoms with Gasteiger partial charge in [0.25, 0.3) is 11.8 Å². The molecule has 1 aromatic heterocycles. The van der Waals surface area contributed by atoms with E-state index in [0.29, 0.717) is 28.3 Å². The molecule has 0 atom stereocenters. The molecule has 0 aliphatic heterocycles. The highest BCUT2D eigenvalue weighted by atomic mass is 16.6. The van der Waals surface area contributed by atoms with E-state index >= 15 is 0 Å². The Balaban J connectivity index is 1.65. The fourth-order valence-electron chi connectivity index (χ4n) is 2.93. The summed E-state index contributed by atoms with van der Waals surface area (Å²) in [5.74, 6) is -1.11. The molecule has 3 aromatic rings. The van der Waals surface area contributed by atoms with Crippen molar-refractivity contribution in [3.8, 4) is 6.07 Å². The molecule has 0 unspecified atom stereocenters. The first kappa shape index (κ1) is 24.9. The van der Waals surface area contributed by atoms with Crippen molar-refractivity contribution < 1.29 is 24.0 Å². The van der Waals surface area contributed by atoms with Gasteiger partial charge in [-0.25, -0.2) is 10.5 Å². The van der Waals surface area contributed by atoms with Crippen molar-refractivity contribution in [1.29, 1.82) is 5.26 Å². The van der Waals surface area contributed by atoms with Crippen LogP contribution in [0.1, 0.15) is 28.4 Å². The molecule has 35 heavy (non-hydrogen) atoms. The van der Waals surface area contributed by atoms with Crippen molar-refractivity contribution in [1.82, 2.24) is 10.5 Å². The van der Waals surface area contributed by atoms with Gasteiger partial charge in [0, 0.05) is 31.9 Å². The Morgan fingerprint density at radius 1 is 1.09 bits per heavy atom. The van der Waals surface area contributed by atoms with Gasteiger partial charge >= 0.3 is 5.97 Å². The summed E-state index contributed by atoms with van der Waals surface area (Å²) in [6.45, 7) is 0.965. The standard InChI is InChI=1S/C25H23N5O5/c1-17(31)34-16-24(32)30(2)23-13-20(11-12-27-23)28-22-6-4-3-5-21(22)25(33)29-35-15-19-9-7-18(14-26)8-10-19/h3-13H,15-16H2,1-2H3,(H,27,28)(H,29,33). The number of likely N-dealkylation sites (N-methyl/N-ethyl adjacent to an activating group) is 1. The maximum Gasteiger partial charge on any atom is 0.303 e. The summed E-state index contributed by atoms with van der Waals surface area (Å²) < 4.78 is 4.74. The molecule has 0 aliphatic rings. The third-order valence-electron chi connectivity index (χ3n) is 4.80. The predicted octanol–water partition coefficient (Wildman–Crippen LogP) is 3.08. The number of pyridine rings is 1. The fourth-order valence-corrected chi connectivity index (χ4v) is 2.93. The first-order valence-corrected chi connectivity index (χ1v) is 10.5. The minimum Gasteiger partial charge on any atom is -0.456 e. The van der Waals surface area contributed by atoms with Crippen molar-refractivity contribution in [2.24, 2.45) is 0 Å². The van der Waals surface area contributed by atoms with E-state index < -0.39 is 24.4 Å². The molecule has 0 aliphatic carbocycles.